The van der Waals surface area contributed by atoms with Crippen molar-refractivity contribution < 1.29 is 4.73 Å². The smallest absolute Gasteiger partial charge is 0.210 e. The zero-order chi connectivity index (χ0) is 7.72. The molecule has 54 valence electrons. The Balaban J connectivity index is 3.31. The Hall–Kier alpha value is -1.12. The van der Waals surface area contributed by atoms with E-state index in [2.05, 4.69) is 4.98 Å². The Morgan fingerprint density at radius 3 is 2.50 bits per heavy atom. The van der Waals surface area contributed by atoms with Crippen LogP contribution in [-0.2, 0) is 0 Å². The lowest BCUT2D eigenvalue weighted by atomic mass is 10.3. The van der Waals surface area contributed by atoms with E-state index in [4.69, 9.17) is 0 Å². The monoisotopic (exact) mass is 138 g/mol. The summed E-state index contributed by atoms with van der Waals surface area (Å²) in [5.41, 5.74) is 2.23. The minimum atomic E-state index is 0.672. The van der Waals surface area contributed by atoms with E-state index in [1.54, 1.807) is 13.8 Å². The van der Waals surface area contributed by atoms with Gasteiger partial charge < -0.3 is 5.21 Å². The van der Waals surface area contributed by atoms with E-state index < -0.39 is 0 Å². The second-order valence-electron chi connectivity index (χ2n) is 2.38. The average molecular weight is 138 g/mol. The van der Waals surface area contributed by atoms with E-state index in [-0.39, 0.29) is 0 Å². The van der Waals surface area contributed by atoms with Crippen LogP contribution in [0.25, 0.3) is 0 Å². The van der Waals surface area contributed by atoms with Crippen molar-refractivity contribution in [3.05, 3.63) is 28.5 Å². The summed E-state index contributed by atoms with van der Waals surface area (Å²) in [5, 5.41) is 10.9. The quantitative estimate of drug-likeness (QED) is 0.390. The van der Waals surface area contributed by atoms with Gasteiger partial charge in [-0.25, -0.2) is 4.98 Å². The standard InChI is InChI=1S/C7H10N2O/c1-5-4-9(10)7(3)6(2)8-5/h4H,1-3H3. The second kappa shape index (κ2) is 2.25. The summed E-state index contributed by atoms with van der Waals surface area (Å²) in [6.45, 7) is 5.40. The minimum Gasteiger partial charge on any atom is -0.618 e. The lowest BCUT2D eigenvalue weighted by Gasteiger charge is -2.02. The molecule has 0 bridgehead atoms. The summed E-state index contributed by atoms with van der Waals surface area (Å²) in [4.78, 5) is 4.11. The molecule has 1 aromatic rings. The third-order valence-corrected chi connectivity index (χ3v) is 1.50. The number of aromatic nitrogens is 2. The van der Waals surface area contributed by atoms with Gasteiger partial charge >= 0.3 is 0 Å². The fourth-order valence-corrected chi connectivity index (χ4v) is 0.800. The van der Waals surface area contributed by atoms with Crippen molar-refractivity contribution >= 4 is 0 Å². The Labute approximate surface area is 59.9 Å². The van der Waals surface area contributed by atoms with Gasteiger partial charge in [-0.2, -0.15) is 4.73 Å². The van der Waals surface area contributed by atoms with Crippen LogP contribution < -0.4 is 4.73 Å². The number of nitrogens with zero attached hydrogens (tertiary/aromatic N) is 2. The molecule has 0 spiro atoms. The number of rotatable bonds is 0. The highest BCUT2D eigenvalue weighted by Crippen LogP contribution is 1.96. The van der Waals surface area contributed by atoms with Crippen molar-refractivity contribution in [3.8, 4) is 0 Å². The van der Waals surface area contributed by atoms with Crippen LogP contribution in [0, 0.1) is 26.0 Å². The molecule has 0 aliphatic heterocycles. The highest BCUT2D eigenvalue weighted by atomic mass is 16.5. The molecule has 0 saturated carbocycles. The van der Waals surface area contributed by atoms with Gasteiger partial charge in [0.15, 0.2) is 0 Å². The van der Waals surface area contributed by atoms with Crippen LogP contribution in [0.3, 0.4) is 0 Å². The van der Waals surface area contributed by atoms with E-state index in [0.29, 0.717) is 5.69 Å². The van der Waals surface area contributed by atoms with Gasteiger partial charge in [0.05, 0.1) is 0 Å². The molecule has 0 aliphatic carbocycles. The van der Waals surface area contributed by atoms with Crippen molar-refractivity contribution in [1.82, 2.24) is 4.98 Å². The van der Waals surface area contributed by atoms with Crippen LogP contribution in [0.4, 0.5) is 0 Å². The number of hydrogen-bond donors (Lipinski definition) is 0. The first-order chi connectivity index (χ1) is 4.61. The average Bonchev–Trinajstić information content (AvgIpc) is 1.82. The van der Waals surface area contributed by atoms with Crippen molar-refractivity contribution in [2.24, 2.45) is 0 Å². The first kappa shape index (κ1) is 6.99. The summed E-state index contributed by atoms with van der Waals surface area (Å²) in [6, 6.07) is 0. The van der Waals surface area contributed by atoms with E-state index >= 15 is 0 Å². The van der Waals surface area contributed by atoms with Crippen LogP contribution in [-0.4, -0.2) is 4.98 Å². The molecule has 1 aromatic heterocycles. The van der Waals surface area contributed by atoms with Gasteiger partial charge in [0.25, 0.3) is 0 Å². The molecule has 0 aromatic carbocycles. The van der Waals surface area contributed by atoms with Gasteiger partial charge in [0.1, 0.15) is 11.4 Å². The predicted octanol–water partition coefficient (Wildman–Crippen LogP) is 0.640. The Morgan fingerprint density at radius 2 is 2.00 bits per heavy atom. The van der Waals surface area contributed by atoms with Gasteiger partial charge in [-0.15, -0.1) is 0 Å². The van der Waals surface area contributed by atoms with Crippen molar-refractivity contribution in [1.29, 1.82) is 0 Å². The molecule has 0 atom stereocenters. The molecular formula is C7H10N2O. The first-order valence-corrected chi connectivity index (χ1v) is 3.15. The molecule has 0 unspecified atom stereocenters. The molecule has 3 nitrogen and oxygen atoms in total. The van der Waals surface area contributed by atoms with Gasteiger partial charge in [-0.05, 0) is 13.8 Å². The van der Waals surface area contributed by atoms with Crippen LogP contribution in [0.1, 0.15) is 17.1 Å². The fourth-order valence-electron chi connectivity index (χ4n) is 0.800. The zero-order valence-electron chi connectivity index (χ0n) is 6.38. The van der Waals surface area contributed by atoms with E-state index in [0.717, 1.165) is 16.1 Å². The van der Waals surface area contributed by atoms with Crippen LogP contribution >= 0.6 is 0 Å². The summed E-state index contributed by atoms with van der Waals surface area (Å²) < 4.78 is 0.845. The summed E-state index contributed by atoms with van der Waals surface area (Å²) in [5.74, 6) is 0. The minimum absolute atomic E-state index is 0.672. The normalized spacial score (nSPS) is 9.90. The molecule has 0 amide bonds. The fraction of sp³-hybridized carbons (Fsp3) is 0.429. The Bertz CT molecular complexity index is 235. The third kappa shape index (κ3) is 1.07. The molecule has 3 heteroatoms. The van der Waals surface area contributed by atoms with Crippen molar-refractivity contribution in [3.63, 3.8) is 0 Å². The van der Waals surface area contributed by atoms with E-state index in [9.17, 15) is 5.21 Å². The molecule has 0 fully saturated rings. The van der Waals surface area contributed by atoms with Crippen LogP contribution in [0.15, 0.2) is 6.20 Å². The van der Waals surface area contributed by atoms with E-state index in [1.807, 2.05) is 6.92 Å². The SMILES string of the molecule is Cc1c[n+]([O-])c(C)c(C)n1. The summed E-state index contributed by atoms with van der Waals surface area (Å²) >= 11 is 0. The molecule has 1 heterocycles. The van der Waals surface area contributed by atoms with Crippen LogP contribution in [0.2, 0.25) is 0 Å². The lowest BCUT2D eigenvalue weighted by molar-refractivity contribution is -0.613. The van der Waals surface area contributed by atoms with Gasteiger partial charge in [0.2, 0.25) is 11.9 Å². The topological polar surface area (TPSA) is 39.8 Å². The summed E-state index contributed by atoms with van der Waals surface area (Å²) in [7, 11) is 0. The maximum Gasteiger partial charge on any atom is 0.210 e. The largest absolute Gasteiger partial charge is 0.618 e. The lowest BCUT2D eigenvalue weighted by Crippen LogP contribution is -2.31. The maximum absolute atomic E-state index is 10.9. The van der Waals surface area contributed by atoms with E-state index in [1.165, 1.54) is 6.20 Å². The van der Waals surface area contributed by atoms with Gasteiger partial charge in [-0.1, -0.05) is 0 Å². The number of hydrogen-bond acceptors (Lipinski definition) is 2. The Kier molecular flexibility index (Phi) is 1.57. The molecule has 0 radical (unpaired) electrons. The maximum atomic E-state index is 10.9. The highest BCUT2D eigenvalue weighted by molar-refractivity contribution is 5.03. The highest BCUT2D eigenvalue weighted by Gasteiger charge is 2.03. The summed E-state index contributed by atoms with van der Waals surface area (Å²) in [6.07, 6.45) is 1.47. The molecule has 0 saturated heterocycles. The number of aryl methyl sites for hydroxylation is 2. The first-order valence-electron chi connectivity index (χ1n) is 3.15. The second-order valence-corrected chi connectivity index (χ2v) is 2.38. The predicted molar refractivity (Wildman–Crippen MR) is 37.4 cm³/mol. The molecule has 1 rings (SSSR count). The molecule has 10 heavy (non-hydrogen) atoms. The van der Waals surface area contributed by atoms with Gasteiger partial charge in [0, 0.05) is 6.92 Å². The Morgan fingerprint density at radius 1 is 1.40 bits per heavy atom. The third-order valence-electron chi connectivity index (χ3n) is 1.50. The molecule has 0 N–H and O–H groups in total. The molecule has 0 aliphatic rings. The molecular weight excluding hydrogens is 128 g/mol. The van der Waals surface area contributed by atoms with Crippen LogP contribution in [0.5, 0.6) is 0 Å². The van der Waals surface area contributed by atoms with Gasteiger partial charge in [-0.3, -0.25) is 0 Å². The van der Waals surface area contributed by atoms with Crippen molar-refractivity contribution in [2.75, 3.05) is 0 Å². The zero-order valence-corrected chi connectivity index (χ0v) is 6.38. The van der Waals surface area contributed by atoms with Crippen molar-refractivity contribution in [2.45, 2.75) is 20.8 Å².